The number of fused-ring (bicyclic) bond motifs is 4. The van der Waals surface area contributed by atoms with Crippen molar-refractivity contribution in [1.82, 2.24) is 5.43 Å². The maximum Gasteiger partial charge on any atom is 0.269 e. The molecule has 28 heavy (non-hydrogen) atoms. The zero-order valence-corrected chi connectivity index (χ0v) is 15.0. The average molecular weight is 378 g/mol. The number of para-hydroxylation sites is 1. The third-order valence-electron chi connectivity index (χ3n) is 6.09. The van der Waals surface area contributed by atoms with Gasteiger partial charge in [-0.05, 0) is 36.6 Å². The normalized spacial score (nSPS) is 25.6. The lowest BCUT2D eigenvalue weighted by Crippen LogP contribution is -2.56. The number of rotatable bonds is 2. The summed E-state index contributed by atoms with van der Waals surface area (Å²) < 4.78 is 0. The largest absolute Gasteiger partial charge is 0.367 e. The van der Waals surface area contributed by atoms with Crippen LogP contribution in [0, 0.1) is 15.5 Å². The number of carbonyl (C=O) groups excluding carboxylic acids is 2. The minimum Gasteiger partial charge on any atom is -0.367 e. The predicted molar refractivity (Wildman–Crippen MR) is 102 cm³/mol. The van der Waals surface area contributed by atoms with Crippen molar-refractivity contribution in [1.29, 1.82) is 0 Å². The first kappa shape index (κ1) is 16.7. The maximum absolute atomic E-state index is 13.5. The summed E-state index contributed by atoms with van der Waals surface area (Å²) in [5.74, 6) is -0.631. The third-order valence-corrected chi connectivity index (χ3v) is 6.09. The second-order valence-electron chi connectivity index (χ2n) is 7.49. The molecule has 0 aromatic heterocycles. The molecule has 2 saturated heterocycles. The molecule has 3 aliphatic rings. The summed E-state index contributed by atoms with van der Waals surface area (Å²) in [6.45, 7) is 0.725. The Hall–Kier alpha value is -3.42. The summed E-state index contributed by atoms with van der Waals surface area (Å²) in [7, 11) is 0. The number of nitro benzene ring substituents is 1. The van der Waals surface area contributed by atoms with Crippen LogP contribution < -0.4 is 15.3 Å². The highest BCUT2D eigenvalue weighted by Gasteiger charge is 2.63. The molecule has 3 aliphatic heterocycles. The summed E-state index contributed by atoms with van der Waals surface area (Å²) in [6.07, 6.45) is 1.77. The molecule has 0 bridgehead atoms. The van der Waals surface area contributed by atoms with Crippen LogP contribution in [-0.2, 0) is 16.0 Å². The fourth-order valence-corrected chi connectivity index (χ4v) is 4.85. The first-order chi connectivity index (χ1) is 13.5. The van der Waals surface area contributed by atoms with Gasteiger partial charge in [0.1, 0.15) is 0 Å². The van der Waals surface area contributed by atoms with Gasteiger partial charge in [0, 0.05) is 30.8 Å². The van der Waals surface area contributed by atoms with Crippen LogP contribution in [0.2, 0.25) is 0 Å². The van der Waals surface area contributed by atoms with E-state index in [1.807, 2.05) is 6.07 Å². The monoisotopic (exact) mass is 378 g/mol. The molecule has 1 N–H and O–H groups in total. The number of nitro groups is 1. The molecule has 2 amide bonds. The van der Waals surface area contributed by atoms with Gasteiger partial charge in [-0.25, -0.2) is 5.01 Å². The molecule has 8 heteroatoms. The van der Waals surface area contributed by atoms with Gasteiger partial charge in [-0.3, -0.25) is 25.1 Å². The van der Waals surface area contributed by atoms with Gasteiger partial charge in [-0.15, -0.1) is 0 Å². The zero-order valence-electron chi connectivity index (χ0n) is 15.0. The highest BCUT2D eigenvalue weighted by atomic mass is 16.6. The number of carbonyl (C=O) groups is 2. The minimum atomic E-state index is -1.27. The Bertz CT molecular complexity index is 1010. The third kappa shape index (κ3) is 2.11. The Labute approximate surface area is 160 Å². The van der Waals surface area contributed by atoms with Crippen LogP contribution >= 0.6 is 0 Å². The van der Waals surface area contributed by atoms with Crippen molar-refractivity contribution >= 4 is 28.9 Å². The van der Waals surface area contributed by atoms with E-state index in [2.05, 4.69) is 10.3 Å². The minimum absolute atomic E-state index is 0.0303. The van der Waals surface area contributed by atoms with Crippen molar-refractivity contribution < 1.29 is 14.5 Å². The molecular formula is C20H18N4O4. The molecule has 0 aliphatic carbocycles. The van der Waals surface area contributed by atoms with E-state index < -0.39 is 10.3 Å². The first-order valence-corrected chi connectivity index (χ1v) is 9.27. The van der Waals surface area contributed by atoms with Crippen LogP contribution in [0.25, 0.3) is 0 Å². The Morgan fingerprint density at radius 1 is 1.14 bits per heavy atom. The number of nitrogens with zero attached hydrogens (tertiary/aromatic N) is 3. The summed E-state index contributed by atoms with van der Waals surface area (Å²) in [6, 6.07) is 13.5. The van der Waals surface area contributed by atoms with Gasteiger partial charge in [0.2, 0.25) is 0 Å². The lowest BCUT2D eigenvalue weighted by atomic mass is 9.70. The van der Waals surface area contributed by atoms with E-state index in [1.165, 1.54) is 17.1 Å². The van der Waals surface area contributed by atoms with Crippen molar-refractivity contribution in [3.05, 3.63) is 64.2 Å². The van der Waals surface area contributed by atoms with E-state index in [0.717, 1.165) is 25.1 Å². The topological polar surface area (TPSA) is 95.8 Å². The number of non-ortho nitro benzene ring substituents is 1. The SMILES string of the molecule is O=C1NN(c2ccccc2)C(=O)[C@@]12Cc1cc([N+](=O)[O-])ccc1N1CCC[C@@H]12. The van der Waals surface area contributed by atoms with Gasteiger partial charge in [-0.2, -0.15) is 0 Å². The number of anilines is 2. The van der Waals surface area contributed by atoms with Gasteiger partial charge in [-0.1, -0.05) is 18.2 Å². The number of nitrogens with one attached hydrogen (secondary N) is 1. The second-order valence-corrected chi connectivity index (χ2v) is 7.49. The van der Waals surface area contributed by atoms with Crippen LogP contribution in [0.3, 0.4) is 0 Å². The van der Waals surface area contributed by atoms with Gasteiger partial charge in [0.05, 0.1) is 16.7 Å². The van der Waals surface area contributed by atoms with Crippen LogP contribution in [-0.4, -0.2) is 29.3 Å². The molecular weight excluding hydrogens is 360 g/mol. The van der Waals surface area contributed by atoms with E-state index >= 15 is 0 Å². The van der Waals surface area contributed by atoms with Gasteiger partial charge >= 0.3 is 0 Å². The van der Waals surface area contributed by atoms with Gasteiger partial charge in [0.15, 0.2) is 5.41 Å². The van der Waals surface area contributed by atoms with Crippen LogP contribution in [0.15, 0.2) is 48.5 Å². The fourth-order valence-electron chi connectivity index (χ4n) is 4.85. The summed E-state index contributed by atoms with van der Waals surface area (Å²) in [5.41, 5.74) is 3.61. The quantitative estimate of drug-likeness (QED) is 0.491. The molecule has 5 rings (SSSR count). The van der Waals surface area contributed by atoms with E-state index in [9.17, 15) is 19.7 Å². The van der Waals surface area contributed by atoms with Crippen molar-refractivity contribution in [2.24, 2.45) is 5.41 Å². The Balaban J connectivity index is 1.63. The molecule has 0 unspecified atom stereocenters. The number of hydrazine groups is 1. The molecule has 2 aromatic carbocycles. The van der Waals surface area contributed by atoms with E-state index in [0.29, 0.717) is 11.3 Å². The smallest absolute Gasteiger partial charge is 0.269 e. The highest BCUT2D eigenvalue weighted by Crippen LogP contribution is 2.49. The Morgan fingerprint density at radius 3 is 2.68 bits per heavy atom. The molecule has 1 spiro atoms. The number of benzene rings is 2. The van der Waals surface area contributed by atoms with Crippen LogP contribution in [0.4, 0.5) is 17.1 Å². The second kappa shape index (κ2) is 5.79. The van der Waals surface area contributed by atoms with Crippen LogP contribution in [0.5, 0.6) is 0 Å². The van der Waals surface area contributed by atoms with Crippen molar-refractivity contribution in [2.45, 2.75) is 25.3 Å². The predicted octanol–water partition coefficient (Wildman–Crippen LogP) is 2.18. The zero-order chi connectivity index (χ0) is 19.5. The first-order valence-electron chi connectivity index (χ1n) is 9.27. The fraction of sp³-hybridized carbons (Fsp3) is 0.300. The summed E-state index contributed by atoms with van der Waals surface area (Å²) in [4.78, 5) is 39.6. The van der Waals surface area contributed by atoms with Crippen LogP contribution in [0.1, 0.15) is 18.4 Å². The van der Waals surface area contributed by atoms with E-state index in [1.54, 1.807) is 30.3 Å². The number of hydrogen-bond donors (Lipinski definition) is 1. The maximum atomic E-state index is 13.5. The molecule has 2 fully saturated rings. The van der Waals surface area contributed by atoms with Crippen molar-refractivity contribution in [3.8, 4) is 0 Å². The van der Waals surface area contributed by atoms with Crippen molar-refractivity contribution in [2.75, 3.05) is 16.5 Å². The molecule has 0 radical (unpaired) electrons. The summed E-state index contributed by atoms with van der Waals surface area (Å²) in [5, 5.41) is 12.6. The Morgan fingerprint density at radius 2 is 1.93 bits per heavy atom. The summed E-state index contributed by atoms with van der Waals surface area (Å²) >= 11 is 0. The highest BCUT2D eigenvalue weighted by molar-refractivity contribution is 6.19. The average Bonchev–Trinajstić information content (AvgIpc) is 3.29. The van der Waals surface area contributed by atoms with E-state index in [4.69, 9.17) is 0 Å². The van der Waals surface area contributed by atoms with Crippen molar-refractivity contribution in [3.63, 3.8) is 0 Å². The molecule has 2 aromatic rings. The molecule has 3 heterocycles. The standard InChI is InChI=1S/C20H18N4O4/c25-18-20(19(26)23(21-18)14-5-2-1-3-6-14)12-13-11-15(24(27)28)8-9-16(13)22-10-4-7-17(20)22/h1-3,5-6,8-9,11,17H,4,7,10,12H2,(H,21,25)/t17-,20-/m1/s1. The van der Waals surface area contributed by atoms with Gasteiger partial charge in [0.25, 0.3) is 17.5 Å². The molecule has 8 nitrogen and oxygen atoms in total. The van der Waals surface area contributed by atoms with Gasteiger partial charge < -0.3 is 4.90 Å². The molecule has 2 atom stereocenters. The Kier molecular flexibility index (Phi) is 3.46. The number of hydrogen-bond acceptors (Lipinski definition) is 5. The number of amides is 2. The lowest BCUT2D eigenvalue weighted by Gasteiger charge is -2.43. The van der Waals surface area contributed by atoms with E-state index in [-0.39, 0.29) is 30.0 Å². The lowest BCUT2D eigenvalue weighted by molar-refractivity contribution is -0.384. The molecule has 0 saturated carbocycles. The molecule has 142 valence electrons.